The number of pyridine rings is 1. The lowest BCUT2D eigenvalue weighted by Crippen LogP contribution is -2.49. The van der Waals surface area contributed by atoms with Crippen molar-refractivity contribution < 1.29 is 35.1 Å². The van der Waals surface area contributed by atoms with Gasteiger partial charge in [0.25, 0.3) is 5.92 Å². The van der Waals surface area contributed by atoms with Crippen LogP contribution in [0.4, 0.5) is 27.6 Å². The van der Waals surface area contributed by atoms with Gasteiger partial charge in [-0.3, -0.25) is 0 Å². The van der Waals surface area contributed by atoms with E-state index in [0.29, 0.717) is 17.8 Å². The van der Waals surface area contributed by atoms with Gasteiger partial charge >= 0.3 is 6.18 Å². The summed E-state index contributed by atoms with van der Waals surface area (Å²) in [6.45, 7) is 0.345. The van der Waals surface area contributed by atoms with E-state index in [1.165, 1.54) is 42.0 Å². The number of alkyl halides is 5. The van der Waals surface area contributed by atoms with Crippen molar-refractivity contribution in [3.05, 3.63) is 53.5 Å². The molecule has 1 aliphatic heterocycles. The predicted molar refractivity (Wildman–Crippen MR) is 149 cm³/mol. The number of hydrogen-bond donors (Lipinski definition) is 2. The molecule has 1 saturated heterocycles. The quantitative estimate of drug-likeness (QED) is 0.289. The maximum atomic E-state index is 14.7. The molecule has 3 heterocycles. The second-order valence-corrected chi connectivity index (χ2v) is 12.6. The number of likely N-dealkylation sites (N-methyl/N-ethyl adjacent to an activating group) is 1. The lowest BCUT2D eigenvalue weighted by molar-refractivity contribution is -0.128. The molecule has 14 heteroatoms. The molecule has 228 valence electrons. The van der Waals surface area contributed by atoms with Gasteiger partial charge in [0, 0.05) is 55.6 Å². The van der Waals surface area contributed by atoms with Crippen LogP contribution in [0.25, 0.3) is 5.65 Å². The van der Waals surface area contributed by atoms with Gasteiger partial charge in [-0.2, -0.15) is 13.2 Å². The number of piperidine rings is 1. The van der Waals surface area contributed by atoms with E-state index in [1.807, 2.05) is 0 Å². The van der Waals surface area contributed by atoms with Gasteiger partial charge in [-0.25, -0.2) is 22.2 Å². The van der Waals surface area contributed by atoms with Crippen LogP contribution in [0.2, 0.25) is 0 Å². The van der Waals surface area contributed by atoms with E-state index in [4.69, 9.17) is 4.74 Å². The molecule has 2 atom stereocenters. The van der Waals surface area contributed by atoms with E-state index in [0.717, 1.165) is 6.26 Å². The number of anilines is 1. The van der Waals surface area contributed by atoms with Gasteiger partial charge in [0.2, 0.25) is 0 Å². The molecule has 0 aliphatic carbocycles. The van der Waals surface area contributed by atoms with Gasteiger partial charge in [0.05, 0.1) is 36.4 Å². The fourth-order valence-corrected chi connectivity index (χ4v) is 5.72. The van der Waals surface area contributed by atoms with E-state index in [1.54, 1.807) is 25.1 Å². The van der Waals surface area contributed by atoms with Crippen LogP contribution in [0.1, 0.15) is 35.8 Å². The van der Waals surface area contributed by atoms with Gasteiger partial charge in [-0.15, -0.1) is 0 Å². The van der Waals surface area contributed by atoms with Crippen molar-refractivity contribution in [2.45, 2.75) is 48.3 Å². The lowest BCUT2D eigenvalue weighted by atomic mass is 9.90. The highest BCUT2D eigenvalue weighted by Gasteiger charge is 2.42. The van der Waals surface area contributed by atoms with E-state index >= 15 is 0 Å². The van der Waals surface area contributed by atoms with Gasteiger partial charge in [-0.05, 0) is 38.2 Å². The van der Waals surface area contributed by atoms with Crippen LogP contribution in [-0.4, -0.2) is 81.4 Å². The van der Waals surface area contributed by atoms with Crippen LogP contribution in [0, 0.1) is 11.8 Å². The zero-order valence-corrected chi connectivity index (χ0v) is 24.3. The number of methoxy groups -OCH3 is 1. The molecular weight excluding hydrogens is 581 g/mol. The minimum absolute atomic E-state index is 0.0244. The Hall–Kier alpha value is -3.41. The highest BCUT2D eigenvalue weighted by Crippen LogP contribution is 2.38. The zero-order valence-electron chi connectivity index (χ0n) is 23.5. The molecule has 0 bridgehead atoms. The summed E-state index contributed by atoms with van der Waals surface area (Å²) in [5, 5.41) is 6.19. The monoisotopic (exact) mass is 613 g/mol. The van der Waals surface area contributed by atoms with E-state index in [2.05, 4.69) is 27.5 Å². The van der Waals surface area contributed by atoms with Crippen molar-refractivity contribution in [2.75, 3.05) is 45.9 Å². The number of benzene rings is 1. The number of fused-ring (bicyclic) bond motifs is 1. The average molecular weight is 614 g/mol. The standard InChI is InChI=1S/C28H32F5N5O3S/c1-37(2)17-18-14-27(29,30)15-23(35-18)20-7-6-12-38-24(16-28(31,32)33)21(36-26(20)38)8-5-11-34-22-10-9-19(42(4,39)40)13-25(22)41-3/h6-7,9-10,12-13,18,23,34-35H,11,14-17H2,1-4H3/t18-,23+/m0/s1. The Balaban J connectivity index is 1.66. The van der Waals surface area contributed by atoms with Crippen molar-refractivity contribution in [2.24, 2.45) is 0 Å². The number of sulfone groups is 1. The summed E-state index contributed by atoms with van der Waals surface area (Å²) in [6.07, 6.45) is -4.25. The van der Waals surface area contributed by atoms with Crippen LogP contribution < -0.4 is 15.4 Å². The first kappa shape index (κ1) is 31.5. The Morgan fingerprint density at radius 2 is 1.98 bits per heavy atom. The van der Waals surface area contributed by atoms with Gasteiger partial charge < -0.3 is 24.7 Å². The van der Waals surface area contributed by atoms with Gasteiger partial charge in [-0.1, -0.05) is 12.0 Å². The molecule has 1 aliphatic rings. The van der Waals surface area contributed by atoms with Gasteiger partial charge in [0.1, 0.15) is 17.1 Å². The third-order valence-corrected chi connectivity index (χ3v) is 7.88. The molecule has 0 spiro atoms. The molecule has 0 radical (unpaired) electrons. The Bertz CT molecular complexity index is 1610. The van der Waals surface area contributed by atoms with Crippen LogP contribution in [-0.2, 0) is 16.3 Å². The largest absolute Gasteiger partial charge is 0.495 e. The Morgan fingerprint density at radius 3 is 2.62 bits per heavy atom. The molecule has 0 saturated carbocycles. The number of nitrogens with zero attached hydrogens (tertiary/aromatic N) is 3. The summed E-state index contributed by atoms with van der Waals surface area (Å²) in [6, 6.07) is 6.01. The maximum absolute atomic E-state index is 14.7. The predicted octanol–water partition coefficient (Wildman–Crippen LogP) is 4.30. The minimum Gasteiger partial charge on any atom is -0.495 e. The number of nitrogens with one attached hydrogen (secondary N) is 2. The SMILES string of the molecule is COc1cc(S(C)(=O)=O)ccc1NCC#Cc1nc2c([C@H]3CC(F)(F)C[C@@H](CN(C)C)N3)cccn2c1CC(F)(F)F. The number of ether oxygens (including phenoxy) is 1. The van der Waals surface area contributed by atoms with Crippen LogP contribution in [0.15, 0.2) is 41.4 Å². The van der Waals surface area contributed by atoms with E-state index in [-0.39, 0.29) is 40.6 Å². The van der Waals surface area contributed by atoms with E-state index in [9.17, 15) is 30.4 Å². The molecule has 2 N–H and O–H groups in total. The number of halogens is 5. The maximum Gasteiger partial charge on any atom is 0.394 e. The minimum atomic E-state index is -4.57. The summed E-state index contributed by atoms with van der Waals surface area (Å²) in [5.74, 6) is 2.74. The van der Waals surface area contributed by atoms with Crippen LogP contribution in [0.5, 0.6) is 5.75 Å². The molecule has 0 unspecified atom stereocenters. The van der Waals surface area contributed by atoms with E-state index < -0.39 is 46.9 Å². The van der Waals surface area contributed by atoms with Crippen molar-refractivity contribution in [1.29, 1.82) is 0 Å². The molecule has 8 nitrogen and oxygen atoms in total. The first-order chi connectivity index (χ1) is 19.6. The Kier molecular flexibility index (Phi) is 9.05. The molecular formula is C28H32F5N5O3S. The molecule has 1 fully saturated rings. The van der Waals surface area contributed by atoms with Crippen molar-refractivity contribution in [1.82, 2.24) is 19.6 Å². The van der Waals surface area contributed by atoms with Crippen LogP contribution in [0.3, 0.4) is 0 Å². The third-order valence-electron chi connectivity index (χ3n) is 6.77. The fourth-order valence-electron chi connectivity index (χ4n) is 5.09. The summed E-state index contributed by atoms with van der Waals surface area (Å²) >= 11 is 0. The smallest absolute Gasteiger partial charge is 0.394 e. The topological polar surface area (TPSA) is 88.0 Å². The Labute approximate surface area is 241 Å². The molecule has 2 aromatic heterocycles. The molecule has 3 aromatic rings. The summed E-state index contributed by atoms with van der Waals surface area (Å²) in [4.78, 5) is 6.26. The molecule has 42 heavy (non-hydrogen) atoms. The second kappa shape index (κ2) is 12.1. The van der Waals surface area contributed by atoms with Gasteiger partial charge in [0.15, 0.2) is 9.84 Å². The fraction of sp³-hybridized carbons (Fsp3) is 0.464. The molecule has 0 amide bonds. The number of hydrogen-bond acceptors (Lipinski definition) is 7. The number of aromatic nitrogens is 2. The second-order valence-electron chi connectivity index (χ2n) is 10.6. The number of rotatable bonds is 8. The molecule has 4 rings (SSSR count). The summed E-state index contributed by atoms with van der Waals surface area (Å²) < 4.78 is 100. The average Bonchev–Trinajstić information content (AvgIpc) is 3.20. The highest BCUT2D eigenvalue weighted by atomic mass is 32.2. The van der Waals surface area contributed by atoms with Crippen molar-refractivity contribution in [3.8, 4) is 17.6 Å². The zero-order chi connectivity index (χ0) is 30.9. The highest BCUT2D eigenvalue weighted by molar-refractivity contribution is 7.90. The van der Waals surface area contributed by atoms with Crippen molar-refractivity contribution in [3.63, 3.8) is 0 Å². The molecule has 1 aromatic carbocycles. The summed E-state index contributed by atoms with van der Waals surface area (Å²) in [7, 11) is 1.47. The normalized spacial score (nSPS) is 19.0. The number of imidazole rings is 1. The van der Waals surface area contributed by atoms with Crippen LogP contribution >= 0.6 is 0 Å². The first-order valence-corrected chi connectivity index (χ1v) is 14.9. The third kappa shape index (κ3) is 7.70. The lowest BCUT2D eigenvalue weighted by Gasteiger charge is -2.37. The first-order valence-electron chi connectivity index (χ1n) is 13.0. The summed E-state index contributed by atoms with van der Waals surface area (Å²) in [5.41, 5.74) is 0.614. The van der Waals surface area contributed by atoms with Crippen molar-refractivity contribution >= 4 is 21.2 Å². The Morgan fingerprint density at radius 1 is 1.24 bits per heavy atom.